The Morgan fingerprint density at radius 3 is 2.87 bits per heavy atom. The van der Waals surface area contributed by atoms with Crippen LogP contribution >= 0.6 is 11.8 Å². The van der Waals surface area contributed by atoms with Crippen LogP contribution in [0.5, 0.6) is 0 Å². The van der Waals surface area contributed by atoms with Crippen molar-refractivity contribution in [1.29, 1.82) is 0 Å². The van der Waals surface area contributed by atoms with E-state index < -0.39 is 0 Å². The largest absolute Gasteiger partial charge is 0.399 e. The molecule has 0 aromatic heterocycles. The molecule has 1 aromatic rings. The smallest absolute Gasteiger partial charge is 0.138 e. The molecule has 0 amide bonds. The minimum absolute atomic E-state index is 0.246. The number of nitrogen functional groups attached to an aromatic ring is 1. The van der Waals surface area contributed by atoms with Crippen LogP contribution in [0.1, 0.15) is 13.3 Å². The van der Waals surface area contributed by atoms with Gasteiger partial charge in [-0.3, -0.25) is 0 Å². The van der Waals surface area contributed by atoms with E-state index in [4.69, 9.17) is 10.5 Å². The number of rotatable bonds is 5. The van der Waals surface area contributed by atoms with Crippen LogP contribution < -0.4 is 5.73 Å². The van der Waals surface area contributed by atoms with E-state index in [0.717, 1.165) is 6.42 Å². The first-order valence-corrected chi connectivity index (χ1v) is 5.72. The zero-order chi connectivity index (χ0) is 11.3. The van der Waals surface area contributed by atoms with Crippen LogP contribution in [0.25, 0.3) is 0 Å². The van der Waals surface area contributed by atoms with E-state index in [1.807, 2.05) is 0 Å². The van der Waals surface area contributed by atoms with Crippen molar-refractivity contribution >= 4 is 17.4 Å². The Kier molecular flexibility index (Phi) is 4.91. The third-order valence-corrected chi connectivity index (χ3v) is 3.24. The second-order valence-electron chi connectivity index (χ2n) is 3.40. The Hall–Kier alpha value is -0.740. The molecule has 0 spiro atoms. The Balaban J connectivity index is 2.56. The van der Waals surface area contributed by atoms with Gasteiger partial charge in [0.05, 0.1) is 0 Å². The zero-order valence-electron chi connectivity index (χ0n) is 9.00. The van der Waals surface area contributed by atoms with Crippen molar-refractivity contribution in [1.82, 2.24) is 0 Å². The standard InChI is InChI=1S/C11H16FNOS/c1-8(5-6-14-2)15-11-4-3-9(13)7-10(11)12/h3-4,7-8H,5-6,13H2,1-2H3. The Bertz CT molecular complexity index is 319. The van der Waals surface area contributed by atoms with Crippen LogP contribution in [0.4, 0.5) is 10.1 Å². The molecule has 0 heterocycles. The summed E-state index contributed by atoms with van der Waals surface area (Å²) in [6.07, 6.45) is 0.908. The third kappa shape index (κ3) is 4.10. The van der Waals surface area contributed by atoms with Gasteiger partial charge in [0.1, 0.15) is 5.82 Å². The summed E-state index contributed by atoms with van der Waals surface area (Å²) in [7, 11) is 1.67. The molecule has 1 atom stereocenters. The lowest BCUT2D eigenvalue weighted by Crippen LogP contribution is -2.02. The maximum Gasteiger partial charge on any atom is 0.138 e. The molecule has 0 radical (unpaired) electrons. The van der Waals surface area contributed by atoms with E-state index in [2.05, 4.69) is 6.92 Å². The van der Waals surface area contributed by atoms with Gasteiger partial charge in [0.15, 0.2) is 0 Å². The van der Waals surface area contributed by atoms with E-state index in [0.29, 0.717) is 22.4 Å². The topological polar surface area (TPSA) is 35.2 Å². The molecule has 2 nitrogen and oxygen atoms in total. The normalized spacial score (nSPS) is 12.7. The number of anilines is 1. The average Bonchev–Trinajstić information content (AvgIpc) is 2.19. The van der Waals surface area contributed by atoms with Crippen LogP contribution in [0.2, 0.25) is 0 Å². The fourth-order valence-corrected chi connectivity index (χ4v) is 2.14. The van der Waals surface area contributed by atoms with Gasteiger partial charge >= 0.3 is 0 Å². The minimum atomic E-state index is -0.246. The van der Waals surface area contributed by atoms with Crippen molar-refractivity contribution in [3.63, 3.8) is 0 Å². The van der Waals surface area contributed by atoms with E-state index >= 15 is 0 Å². The number of hydrogen-bond donors (Lipinski definition) is 1. The molecule has 0 saturated carbocycles. The van der Waals surface area contributed by atoms with Crippen molar-refractivity contribution in [2.45, 2.75) is 23.5 Å². The summed E-state index contributed by atoms with van der Waals surface area (Å²) in [4.78, 5) is 0.646. The van der Waals surface area contributed by atoms with Gasteiger partial charge in [0.25, 0.3) is 0 Å². The van der Waals surface area contributed by atoms with Crippen LogP contribution in [-0.4, -0.2) is 19.0 Å². The van der Waals surface area contributed by atoms with E-state index in [1.54, 1.807) is 19.2 Å². The van der Waals surface area contributed by atoms with Gasteiger partial charge < -0.3 is 10.5 Å². The highest BCUT2D eigenvalue weighted by atomic mass is 32.2. The summed E-state index contributed by atoms with van der Waals surface area (Å²) in [5.74, 6) is -0.246. The number of thioether (sulfide) groups is 1. The van der Waals surface area contributed by atoms with Crippen molar-refractivity contribution in [2.75, 3.05) is 19.5 Å². The average molecular weight is 229 g/mol. The summed E-state index contributed by atoms with van der Waals surface area (Å²) >= 11 is 1.51. The fraction of sp³-hybridized carbons (Fsp3) is 0.455. The van der Waals surface area contributed by atoms with Gasteiger partial charge in [-0.25, -0.2) is 4.39 Å². The van der Waals surface area contributed by atoms with E-state index in [-0.39, 0.29) is 5.82 Å². The molecule has 0 fully saturated rings. The Morgan fingerprint density at radius 2 is 2.27 bits per heavy atom. The zero-order valence-corrected chi connectivity index (χ0v) is 9.81. The van der Waals surface area contributed by atoms with Gasteiger partial charge in [-0.1, -0.05) is 6.92 Å². The molecule has 0 aliphatic heterocycles. The summed E-state index contributed by atoms with van der Waals surface area (Å²) in [6.45, 7) is 2.75. The lowest BCUT2D eigenvalue weighted by atomic mass is 10.3. The molecule has 4 heteroatoms. The summed E-state index contributed by atoms with van der Waals surface area (Å²) in [5.41, 5.74) is 5.93. The third-order valence-electron chi connectivity index (χ3n) is 2.01. The van der Waals surface area contributed by atoms with E-state index in [1.165, 1.54) is 17.8 Å². The first-order valence-electron chi connectivity index (χ1n) is 4.84. The predicted octanol–water partition coefficient (Wildman–Crippen LogP) is 2.93. The highest BCUT2D eigenvalue weighted by molar-refractivity contribution is 8.00. The molecule has 0 bridgehead atoms. The van der Waals surface area contributed by atoms with Gasteiger partial charge in [0, 0.05) is 29.5 Å². The van der Waals surface area contributed by atoms with Crippen LogP contribution in [-0.2, 0) is 4.74 Å². The second-order valence-corrected chi connectivity index (χ2v) is 4.88. The van der Waals surface area contributed by atoms with E-state index in [9.17, 15) is 4.39 Å². The van der Waals surface area contributed by atoms with Crippen molar-refractivity contribution in [3.8, 4) is 0 Å². The summed E-state index contributed by atoms with van der Waals surface area (Å²) < 4.78 is 18.4. The molecule has 15 heavy (non-hydrogen) atoms. The first kappa shape index (κ1) is 12.3. The van der Waals surface area contributed by atoms with Gasteiger partial charge in [-0.05, 0) is 24.6 Å². The summed E-state index contributed by atoms with van der Waals surface area (Å²) in [6, 6.07) is 4.79. The predicted molar refractivity (Wildman–Crippen MR) is 62.6 cm³/mol. The molecule has 0 aliphatic rings. The lowest BCUT2D eigenvalue weighted by Gasteiger charge is -2.11. The number of hydrogen-bond acceptors (Lipinski definition) is 3. The number of benzene rings is 1. The SMILES string of the molecule is COCCC(C)Sc1ccc(N)cc1F. The van der Waals surface area contributed by atoms with Gasteiger partial charge in [-0.15, -0.1) is 11.8 Å². The maximum atomic E-state index is 13.4. The molecule has 1 rings (SSSR count). The lowest BCUT2D eigenvalue weighted by molar-refractivity contribution is 0.195. The molecule has 1 aromatic carbocycles. The van der Waals surface area contributed by atoms with Crippen molar-refractivity contribution < 1.29 is 9.13 Å². The number of methoxy groups -OCH3 is 1. The quantitative estimate of drug-likeness (QED) is 0.623. The molecule has 84 valence electrons. The maximum absolute atomic E-state index is 13.4. The van der Waals surface area contributed by atoms with Gasteiger partial charge in [-0.2, -0.15) is 0 Å². The number of nitrogens with two attached hydrogens (primary N) is 1. The molecular weight excluding hydrogens is 213 g/mol. The highest BCUT2D eigenvalue weighted by Crippen LogP contribution is 2.28. The van der Waals surface area contributed by atoms with Crippen LogP contribution in [0.15, 0.2) is 23.1 Å². The monoisotopic (exact) mass is 229 g/mol. The van der Waals surface area contributed by atoms with Crippen LogP contribution in [0.3, 0.4) is 0 Å². The van der Waals surface area contributed by atoms with Crippen molar-refractivity contribution in [3.05, 3.63) is 24.0 Å². The molecule has 1 unspecified atom stereocenters. The van der Waals surface area contributed by atoms with Gasteiger partial charge in [0.2, 0.25) is 0 Å². The summed E-state index contributed by atoms with van der Waals surface area (Å²) in [5, 5.41) is 0.336. The Morgan fingerprint density at radius 1 is 1.53 bits per heavy atom. The fourth-order valence-electron chi connectivity index (χ4n) is 1.17. The molecular formula is C11H16FNOS. The molecule has 0 aliphatic carbocycles. The van der Waals surface area contributed by atoms with Crippen LogP contribution in [0, 0.1) is 5.82 Å². The van der Waals surface area contributed by atoms with Crippen molar-refractivity contribution in [2.24, 2.45) is 0 Å². The highest BCUT2D eigenvalue weighted by Gasteiger charge is 2.08. The molecule has 0 saturated heterocycles. The second kappa shape index (κ2) is 5.98. The first-order chi connectivity index (χ1) is 7.13. The Labute approximate surface area is 94.0 Å². The molecule has 2 N–H and O–H groups in total. The minimum Gasteiger partial charge on any atom is -0.399 e. The number of ether oxygens (including phenoxy) is 1. The number of halogens is 1.